The van der Waals surface area contributed by atoms with E-state index in [0.717, 1.165) is 34.8 Å². The summed E-state index contributed by atoms with van der Waals surface area (Å²) in [4.78, 5) is 11.4. The van der Waals surface area contributed by atoms with Crippen LogP contribution in [0.15, 0.2) is 36.4 Å². The van der Waals surface area contributed by atoms with Crippen molar-refractivity contribution in [3.8, 4) is 0 Å². The molecule has 3 rings (SSSR count). The monoisotopic (exact) mass is 283 g/mol. The standard InChI is InChI=1S/C16H17N3S/c1-11-10-14-15(18-12(2)19-16(14)20-11)17-9-8-13-6-4-3-5-7-13/h3-7,10H,8-9H2,1-2H3,(H,17,18,19). The van der Waals surface area contributed by atoms with E-state index in [1.807, 2.05) is 13.0 Å². The molecule has 2 heterocycles. The Hall–Kier alpha value is -1.94. The Morgan fingerprint density at radius 1 is 1.10 bits per heavy atom. The summed E-state index contributed by atoms with van der Waals surface area (Å²) in [7, 11) is 0. The number of anilines is 1. The molecule has 0 radical (unpaired) electrons. The molecular weight excluding hydrogens is 266 g/mol. The topological polar surface area (TPSA) is 37.8 Å². The minimum Gasteiger partial charge on any atom is -0.369 e. The molecule has 3 aromatic rings. The van der Waals surface area contributed by atoms with Gasteiger partial charge in [-0.1, -0.05) is 30.3 Å². The van der Waals surface area contributed by atoms with Crippen molar-refractivity contribution in [1.29, 1.82) is 0 Å². The van der Waals surface area contributed by atoms with Gasteiger partial charge in [-0.05, 0) is 31.9 Å². The zero-order valence-corrected chi connectivity index (χ0v) is 12.5. The third-order valence-electron chi connectivity index (χ3n) is 3.18. The second kappa shape index (κ2) is 5.59. The number of hydrogen-bond donors (Lipinski definition) is 1. The minimum absolute atomic E-state index is 0.821. The van der Waals surface area contributed by atoms with Gasteiger partial charge in [0.15, 0.2) is 0 Å². The summed E-state index contributed by atoms with van der Waals surface area (Å²) in [5.74, 6) is 1.77. The lowest BCUT2D eigenvalue weighted by Crippen LogP contribution is -2.07. The Morgan fingerprint density at radius 3 is 2.70 bits per heavy atom. The Kier molecular flexibility index (Phi) is 3.65. The summed E-state index contributed by atoms with van der Waals surface area (Å²) in [6, 6.07) is 12.6. The third-order valence-corrected chi connectivity index (χ3v) is 4.12. The number of benzene rings is 1. The van der Waals surface area contributed by atoms with Gasteiger partial charge in [0.2, 0.25) is 0 Å². The van der Waals surface area contributed by atoms with Gasteiger partial charge >= 0.3 is 0 Å². The average Bonchev–Trinajstić information content (AvgIpc) is 2.80. The predicted molar refractivity (Wildman–Crippen MR) is 85.5 cm³/mol. The minimum atomic E-state index is 0.821. The van der Waals surface area contributed by atoms with E-state index in [-0.39, 0.29) is 0 Å². The molecule has 0 amide bonds. The first kappa shape index (κ1) is 13.1. The van der Waals surface area contributed by atoms with Crippen LogP contribution in [0, 0.1) is 13.8 Å². The molecule has 0 saturated carbocycles. The second-order valence-corrected chi connectivity index (χ2v) is 6.09. The van der Waals surface area contributed by atoms with Crippen LogP contribution < -0.4 is 5.32 Å². The summed E-state index contributed by atoms with van der Waals surface area (Å²) < 4.78 is 0. The fourth-order valence-electron chi connectivity index (χ4n) is 2.25. The van der Waals surface area contributed by atoms with Gasteiger partial charge in [-0.2, -0.15) is 0 Å². The molecule has 0 aliphatic carbocycles. The van der Waals surface area contributed by atoms with Crippen LogP contribution in [0.1, 0.15) is 16.3 Å². The first-order valence-corrected chi connectivity index (χ1v) is 7.56. The van der Waals surface area contributed by atoms with Crippen LogP contribution in [0.5, 0.6) is 0 Å². The van der Waals surface area contributed by atoms with Gasteiger partial charge in [0.05, 0.1) is 5.39 Å². The quantitative estimate of drug-likeness (QED) is 0.787. The number of rotatable bonds is 4. The van der Waals surface area contributed by atoms with Crippen LogP contribution in [0.25, 0.3) is 10.2 Å². The average molecular weight is 283 g/mol. The van der Waals surface area contributed by atoms with Crippen molar-refractivity contribution in [1.82, 2.24) is 9.97 Å². The van der Waals surface area contributed by atoms with Crippen molar-refractivity contribution in [2.45, 2.75) is 20.3 Å². The maximum absolute atomic E-state index is 4.53. The molecule has 102 valence electrons. The zero-order chi connectivity index (χ0) is 13.9. The van der Waals surface area contributed by atoms with Crippen LogP contribution in [-0.2, 0) is 6.42 Å². The van der Waals surface area contributed by atoms with E-state index in [1.165, 1.54) is 10.4 Å². The van der Waals surface area contributed by atoms with Crippen LogP contribution in [0.2, 0.25) is 0 Å². The van der Waals surface area contributed by atoms with Crippen molar-refractivity contribution in [2.75, 3.05) is 11.9 Å². The second-order valence-electron chi connectivity index (χ2n) is 4.86. The van der Waals surface area contributed by atoms with E-state index < -0.39 is 0 Å². The highest BCUT2D eigenvalue weighted by Gasteiger charge is 2.08. The van der Waals surface area contributed by atoms with Crippen LogP contribution in [0.4, 0.5) is 5.82 Å². The lowest BCUT2D eigenvalue weighted by atomic mass is 10.1. The molecule has 0 saturated heterocycles. The fourth-order valence-corrected chi connectivity index (χ4v) is 3.18. The van der Waals surface area contributed by atoms with Gasteiger partial charge in [0.1, 0.15) is 16.5 Å². The van der Waals surface area contributed by atoms with Gasteiger partial charge in [-0.3, -0.25) is 0 Å². The van der Waals surface area contributed by atoms with Crippen molar-refractivity contribution < 1.29 is 0 Å². The Labute approximate surface area is 122 Å². The fraction of sp³-hybridized carbons (Fsp3) is 0.250. The number of nitrogens with zero attached hydrogens (tertiary/aromatic N) is 2. The van der Waals surface area contributed by atoms with E-state index in [0.29, 0.717) is 0 Å². The van der Waals surface area contributed by atoms with Crippen molar-refractivity contribution in [3.63, 3.8) is 0 Å². The first-order chi connectivity index (χ1) is 9.72. The molecule has 1 N–H and O–H groups in total. The summed E-state index contributed by atoms with van der Waals surface area (Å²) in [6.07, 6.45) is 0.995. The lowest BCUT2D eigenvalue weighted by Gasteiger charge is -2.07. The van der Waals surface area contributed by atoms with E-state index >= 15 is 0 Å². The number of hydrogen-bond acceptors (Lipinski definition) is 4. The Bertz CT molecular complexity index is 719. The molecule has 0 aliphatic rings. The highest BCUT2D eigenvalue weighted by molar-refractivity contribution is 7.18. The van der Waals surface area contributed by atoms with Crippen LogP contribution >= 0.6 is 11.3 Å². The van der Waals surface area contributed by atoms with E-state index in [1.54, 1.807) is 11.3 Å². The van der Waals surface area contributed by atoms with E-state index in [9.17, 15) is 0 Å². The molecule has 0 bridgehead atoms. The normalized spacial score (nSPS) is 10.9. The Balaban J connectivity index is 1.77. The predicted octanol–water partition coefficient (Wildman–Crippen LogP) is 3.96. The number of fused-ring (bicyclic) bond motifs is 1. The molecule has 3 nitrogen and oxygen atoms in total. The van der Waals surface area contributed by atoms with Gasteiger partial charge < -0.3 is 5.32 Å². The molecule has 0 fully saturated rings. The van der Waals surface area contributed by atoms with Gasteiger partial charge in [-0.15, -0.1) is 11.3 Å². The molecule has 4 heteroatoms. The molecule has 0 aliphatic heterocycles. The maximum atomic E-state index is 4.53. The van der Waals surface area contributed by atoms with Crippen LogP contribution in [-0.4, -0.2) is 16.5 Å². The SMILES string of the molecule is Cc1nc(NCCc2ccccc2)c2cc(C)sc2n1. The molecule has 1 aromatic carbocycles. The summed E-state index contributed by atoms with van der Waals surface area (Å²) in [6.45, 7) is 4.93. The highest BCUT2D eigenvalue weighted by Crippen LogP contribution is 2.28. The number of aryl methyl sites for hydroxylation is 2. The smallest absolute Gasteiger partial charge is 0.138 e. The van der Waals surface area contributed by atoms with Crippen molar-refractivity contribution in [3.05, 3.63) is 52.7 Å². The Morgan fingerprint density at radius 2 is 1.90 bits per heavy atom. The first-order valence-electron chi connectivity index (χ1n) is 6.75. The van der Waals surface area contributed by atoms with Crippen molar-refractivity contribution >= 4 is 27.4 Å². The van der Waals surface area contributed by atoms with Crippen LogP contribution in [0.3, 0.4) is 0 Å². The number of nitrogens with one attached hydrogen (secondary N) is 1. The van der Waals surface area contributed by atoms with Gasteiger partial charge in [0, 0.05) is 11.4 Å². The molecule has 0 spiro atoms. The van der Waals surface area contributed by atoms with E-state index in [2.05, 4.69) is 52.5 Å². The van der Waals surface area contributed by atoms with Crippen molar-refractivity contribution in [2.24, 2.45) is 0 Å². The number of aromatic nitrogens is 2. The highest BCUT2D eigenvalue weighted by atomic mass is 32.1. The summed E-state index contributed by atoms with van der Waals surface area (Å²) in [5, 5.41) is 4.58. The maximum Gasteiger partial charge on any atom is 0.138 e. The summed E-state index contributed by atoms with van der Waals surface area (Å²) >= 11 is 1.72. The molecule has 20 heavy (non-hydrogen) atoms. The molecule has 0 unspecified atom stereocenters. The summed E-state index contributed by atoms with van der Waals surface area (Å²) in [5.41, 5.74) is 1.34. The zero-order valence-electron chi connectivity index (χ0n) is 11.7. The molecular formula is C16H17N3S. The molecule has 2 aromatic heterocycles. The largest absolute Gasteiger partial charge is 0.369 e. The third kappa shape index (κ3) is 2.80. The number of thiophene rings is 1. The molecule has 0 atom stereocenters. The van der Waals surface area contributed by atoms with E-state index in [4.69, 9.17) is 0 Å². The lowest BCUT2D eigenvalue weighted by molar-refractivity contribution is 0.995. The van der Waals surface area contributed by atoms with Gasteiger partial charge in [0.25, 0.3) is 0 Å². The van der Waals surface area contributed by atoms with Gasteiger partial charge in [-0.25, -0.2) is 9.97 Å².